The summed E-state index contributed by atoms with van der Waals surface area (Å²) in [5.74, 6) is 0.576. The van der Waals surface area contributed by atoms with Crippen LogP contribution in [0.25, 0.3) is 16.7 Å². The lowest BCUT2D eigenvalue weighted by atomic mass is 9.86. The summed E-state index contributed by atoms with van der Waals surface area (Å²) in [5.41, 5.74) is 2.51. The lowest BCUT2D eigenvalue weighted by Gasteiger charge is -2.22. The van der Waals surface area contributed by atoms with E-state index in [-0.39, 0.29) is 22.6 Å². The number of thioether (sulfide) groups is 1. The SMILES string of the molecule is CCCCn1c(=O)c2ccccc2n2c(SCC(=O)Nc3ccccc3C(C)(C)C)nnc12. The molecule has 0 spiro atoms. The zero-order chi connectivity index (χ0) is 23.6. The summed E-state index contributed by atoms with van der Waals surface area (Å²) in [7, 11) is 0. The highest BCUT2D eigenvalue weighted by atomic mass is 32.2. The first-order valence-corrected chi connectivity index (χ1v) is 12.2. The molecule has 0 saturated carbocycles. The highest BCUT2D eigenvalue weighted by molar-refractivity contribution is 7.99. The minimum atomic E-state index is -0.114. The molecule has 2 heterocycles. The van der Waals surface area contributed by atoms with Gasteiger partial charge in [0.1, 0.15) is 0 Å². The van der Waals surface area contributed by atoms with Gasteiger partial charge in [-0.15, -0.1) is 10.2 Å². The summed E-state index contributed by atoms with van der Waals surface area (Å²) < 4.78 is 3.57. The number of aromatic nitrogens is 4. The second kappa shape index (κ2) is 9.39. The molecule has 0 unspecified atom stereocenters. The summed E-state index contributed by atoms with van der Waals surface area (Å²) in [4.78, 5) is 25.9. The molecule has 0 atom stereocenters. The van der Waals surface area contributed by atoms with Crippen LogP contribution >= 0.6 is 11.8 Å². The second-order valence-electron chi connectivity index (χ2n) is 9.08. The Balaban J connectivity index is 1.64. The third kappa shape index (κ3) is 4.66. The van der Waals surface area contributed by atoms with Gasteiger partial charge in [0.15, 0.2) is 5.16 Å². The van der Waals surface area contributed by atoms with Crippen molar-refractivity contribution in [1.29, 1.82) is 0 Å². The monoisotopic (exact) mass is 463 g/mol. The van der Waals surface area contributed by atoms with Crippen LogP contribution in [0.2, 0.25) is 0 Å². The maximum atomic E-state index is 13.1. The quantitative estimate of drug-likeness (QED) is 0.395. The molecule has 4 aromatic rings. The van der Waals surface area contributed by atoms with Crippen LogP contribution in [-0.2, 0) is 16.8 Å². The number of carbonyl (C=O) groups excluding carboxylic acids is 1. The number of amides is 1. The molecule has 0 bridgehead atoms. The molecular formula is C25H29N5O2S. The Morgan fingerprint density at radius 1 is 1.06 bits per heavy atom. The molecule has 0 aliphatic heterocycles. The van der Waals surface area contributed by atoms with Crippen molar-refractivity contribution in [2.24, 2.45) is 0 Å². The molecule has 7 nitrogen and oxygen atoms in total. The molecule has 0 aliphatic rings. The summed E-state index contributed by atoms with van der Waals surface area (Å²) in [6, 6.07) is 15.3. The van der Waals surface area contributed by atoms with Crippen molar-refractivity contribution in [3.05, 3.63) is 64.4 Å². The summed E-state index contributed by atoms with van der Waals surface area (Å²) in [6.45, 7) is 9.04. The van der Waals surface area contributed by atoms with Crippen molar-refractivity contribution in [1.82, 2.24) is 19.2 Å². The number of para-hydroxylation sites is 2. The van der Waals surface area contributed by atoms with Gasteiger partial charge in [-0.3, -0.25) is 18.6 Å². The maximum Gasteiger partial charge on any atom is 0.262 e. The van der Waals surface area contributed by atoms with E-state index < -0.39 is 0 Å². The third-order valence-electron chi connectivity index (χ3n) is 5.56. The van der Waals surface area contributed by atoms with Gasteiger partial charge in [0.05, 0.1) is 16.7 Å². The third-order valence-corrected chi connectivity index (χ3v) is 6.48. The summed E-state index contributed by atoms with van der Waals surface area (Å²) in [5, 5.41) is 12.9. The van der Waals surface area contributed by atoms with E-state index in [0.717, 1.165) is 29.6 Å². The molecule has 0 fully saturated rings. The van der Waals surface area contributed by atoms with Crippen LogP contribution < -0.4 is 10.9 Å². The Labute approximate surface area is 197 Å². The number of benzene rings is 2. The fourth-order valence-electron chi connectivity index (χ4n) is 3.91. The second-order valence-corrected chi connectivity index (χ2v) is 10.0. The highest BCUT2D eigenvalue weighted by Crippen LogP contribution is 2.29. The minimum absolute atomic E-state index is 0.0629. The van der Waals surface area contributed by atoms with Crippen LogP contribution in [0.3, 0.4) is 0 Å². The van der Waals surface area contributed by atoms with Gasteiger partial charge >= 0.3 is 0 Å². The molecule has 1 amide bonds. The van der Waals surface area contributed by atoms with Crippen molar-refractivity contribution in [3.8, 4) is 0 Å². The molecule has 2 aromatic carbocycles. The first-order chi connectivity index (χ1) is 15.8. The molecule has 8 heteroatoms. The maximum absolute atomic E-state index is 13.1. The first-order valence-electron chi connectivity index (χ1n) is 11.2. The van der Waals surface area contributed by atoms with Gasteiger partial charge < -0.3 is 5.32 Å². The fourth-order valence-corrected chi connectivity index (χ4v) is 4.65. The standard InChI is InChI=1S/C25H29N5O2S/c1-5-6-15-29-22(32)17-11-7-10-14-20(17)30-23(29)27-28-24(30)33-16-21(31)26-19-13-9-8-12-18(19)25(2,3)4/h7-14H,5-6,15-16H2,1-4H3,(H,26,31). The predicted molar refractivity (Wildman–Crippen MR) is 134 cm³/mol. The molecule has 4 rings (SSSR count). The number of rotatable bonds is 7. The van der Waals surface area contributed by atoms with E-state index in [0.29, 0.717) is 22.9 Å². The van der Waals surface area contributed by atoms with Crippen LogP contribution in [0.1, 0.15) is 46.1 Å². The van der Waals surface area contributed by atoms with E-state index in [1.807, 2.05) is 52.9 Å². The van der Waals surface area contributed by atoms with E-state index in [9.17, 15) is 9.59 Å². The number of fused-ring (bicyclic) bond motifs is 3. The average molecular weight is 464 g/mol. The van der Waals surface area contributed by atoms with Crippen molar-refractivity contribution in [2.45, 2.75) is 57.7 Å². The van der Waals surface area contributed by atoms with Gasteiger partial charge in [-0.2, -0.15) is 0 Å². The van der Waals surface area contributed by atoms with Gasteiger partial charge in [-0.25, -0.2) is 0 Å². The number of nitrogens with zero attached hydrogens (tertiary/aromatic N) is 4. The van der Waals surface area contributed by atoms with Crippen LogP contribution in [0.4, 0.5) is 5.69 Å². The first kappa shape index (κ1) is 23.0. The molecule has 172 valence electrons. The zero-order valence-electron chi connectivity index (χ0n) is 19.5. The van der Waals surface area contributed by atoms with Crippen LogP contribution in [0.5, 0.6) is 0 Å². The molecule has 1 N–H and O–H groups in total. The van der Waals surface area contributed by atoms with Crippen molar-refractivity contribution >= 4 is 40.0 Å². The van der Waals surface area contributed by atoms with Crippen LogP contribution in [0, 0.1) is 0 Å². The van der Waals surface area contributed by atoms with Gasteiger partial charge in [0.25, 0.3) is 5.56 Å². The van der Waals surface area contributed by atoms with Crippen LogP contribution in [0.15, 0.2) is 58.5 Å². The summed E-state index contributed by atoms with van der Waals surface area (Å²) in [6.07, 6.45) is 1.84. The van der Waals surface area contributed by atoms with Crippen LogP contribution in [-0.4, -0.2) is 30.8 Å². The van der Waals surface area contributed by atoms with Crippen molar-refractivity contribution in [2.75, 3.05) is 11.1 Å². The van der Waals surface area contributed by atoms with Gasteiger partial charge in [-0.1, -0.05) is 76.2 Å². The number of anilines is 1. The Morgan fingerprint density at radius 2 is 1.79 bits per heavy atom. The fraction of sp³-hybridized carbons (Fsp3) is 0.360. The molecular weight excluding hydrogens is 434 g/mol. The lowest BCUT2D eigenvalue weighted by Crippen LogP contribution is -2.23. The Kier molecular flexibility index (Phi) is 6.56. The molecule has 33 heavy (non-hydrogen) atoms. The van der Waals surface area contributed by atoms with Gasteiger partial charge in [-0.05, 0) is 35.6 Å². The minimum Gasteiger partial charge on any atom is -0.325 e. The predicted octanol–water partition coefficient (Wildman–Crippen LogP) is 4.87. The van der Waals surface area contributed by atoms with Crippen molar-refractivity contribution < 1.29 is 4.79 Å². The van der Waals surface area contributed by atoms with E-state index in [2.05, 4.69) is 43.2 Å². The molecule has 2 aromatic heterocycles. The number of carbonyl (C=O) groups is 1. The number of unbranched alkanes of at least 4 members (excludes halogenated alkanes) is 1. The van der Waals surface area contributed by atoms with Gasteiger partial charge in [0.2, 0.25) is 11.7 Å². The number of hydrogen-bond acceptors (Lipinski definition) is 5. The number of aryl methyl sites for hydroxylation is 1. The lowest BCUT2D eigenvalue weighted by molar-refractivity contribution is -0.113. The average Bonchev–Trinajstić information content (AvgIpc) is 3.21. The van der Waals surface area contributed by atoms with E-state index >= 15 is 0 Å². The summed E-state index contributed by atoms with van der Waals surface area (Å²) >= 11 is 1.31. The normalized spacial score (nSPS) is 11.9. The van der Waals surface area contributed by atoms with E-state index in [4.69, 9.17) is 0 Å². The topological polar surface area (TPSA) is 81.3 Å². The molecule has 0 saturated heterocycles. The van der Waals surface area contributed by atoms with Crippen molar-refractivity contribution in [3.63, 3.8) is 0 Å². The van der Waals surface area contributed by atoms with E-state index in [1.54, 1.807) is 4.57 Å². The van der Waals surface area contributed by atoms with E-state index in [1.165, 1.54) is 11.8 Å². The smallest absolute Gasteiger partial charge is 0.262 e. The van der Waals surface area contributed by atoms with Gasteiger partial charge in [0, 0.05) is 12.2 Å². The zero-order valence-corrected chi connectivity index (χ0v) is 20.3. The Morgan fingerprint density at radius 3 is 2.55 bits per heavy atom. The largest absolute Gasteiger partial charge is 0.325 e. The number of hydrogen-bond donors (Lipinski definition) is 1. The Hall–Kier alpha value is -3.13. The Bertz CT molecular complexity index is 1370. The number of nitrogens with one attached hydrogen (secondary N) is 1. The molecule has 0 radical (unpaired) electrons. The molecule has 0 aliphatic carbocycles. The highest BCUT2D eigenvalue weighted by Gasteiger charge is 2.20.